The van der Waals surface area contributed by atoms with Crippen LogP contribution in [0, 0.1) is 0 Å². The fourth-order valence-corrected chi connectivity index (χ4v) is 2.22. The lowest BCUT2D eigenvalue weighted by Gasteiger charge is -2.07. The Bertz CT molecular complexity index is 308. The van der Waals surface area contributed by atoms with E-state index < -0.39 is 0 Å². The SMILES string of the molecule is CCCCCCCCCCNc1ccc(CO)cc1. The van der Waals surface area contributed by atoms with Crippen molar-refractivity contribution in [1.29, 1.82) is 0 Å². The third-order valence-corrected chi connectivity index (χ3v) is 3.50. The van der Waals surface area contributed by atoms with Crippen LogP contribution in [-0.4, -0.2) is 11.7 Å². The van der Waals surface area contributed by atoms with E-state index in [2.05, 4.69) is 12.2 Å². The highest BCUT2D eigenvalue weighted by molar-refractivity contribution is 5.44. The molecule has 0 fully saturated rings. The first kappa shape index (κ1) is 16.0. The summed E-state index contributed by atoms with van der Waals surface area (Å²) in [5, 5.41) is 12.4. The van der Waals surface area contributed by atoms with Gasteiger partial charge in [-0.3, -0.25) is 0 Å². The van der Waals surface area contributed by atoms with Crippen LogP contribution >= 0.6 is 0 Å². The van der Waals surface area contributed by atoms with Gasteiger partial charge in [0, 0.05) is 12.2 Å². The number of hydrogen-bond acceptors (Lipinski definition) is 2. The van der Waals surface area contributed by atoms with Crippen LogP contribution in [0.25, 0.3) is 0 Å². The summed E-state index contributed by atoms with van der Waals surface area (Å²) < 4.78 is 0. The lowest BCUT2D eigenvalue weighted by atomic mass is 10.1. The summed E-state index contributed by atoms with van der Waals surface area (Å²) in [6, 6.07) is 8.01. The predicted octanol–water partition coefficient (Wildman–Crippen LogP) is 4.73. The van der Waals surface area contributed by atoms with Crippen molar-refractivity contribution in [3.63, 3.8) is 0 Å². The Labute approximate surface area is 118 Å². The van der Waals surface area contributed by atoms with E-state index in [9.17, 15) is 0 Å². The Kier molecular flexibility index (Phi) is 9.17. The molecule has 0 heterocycles. The molecule has 0 amide bonds. The van der Waals surface area contributed by atoms with Gasteiger partial charge >= 0.3 is 0 Å². The number of hydrogen-bond donors (Lipinski definition) is 2. The topological polar surface area (TPSA) is 32.3 Å². The molecule has 0 saturated carbocycles. The summed E-state index contributed by atoms with van der Waals surface area (Å²) in [4.78, 5) is 0. The van der Waals surface area contributed by atoms with Gasteiger partial charge in [-0.15, -0.1) is 0 Å². The molecule has 1 rings (SSSR count). The highest BCUT2D eigenvalue weighted by atomic mass is 16.3. The molecular formula is C17H29NO. The standard InChI is InChI=1S/C17H29NO/c1-2-3-4-5-6-7-8-9-14-18-17-12-10-16(15-19)11-13-17/h10-13,18-19H,2-9,14-15H2,1H3. The van der Waals surface area contributed by atoms with E-state index in [0.717, 1.165) is 17.8 Å². The van der Waals surface area contributed by atoms with E-state index in [1.165, 1.54) is 51.4 Å². The summed E-state index contributed by atoms with van der Waals surface area (Å²) in [5.41, 5.74) is 2.12. The van der Waals surface area contributed by atoms with Gasteiger partial charge in [0.25, 0.3) is 0 Å². The van der Waals surface area contributed by atoms with E-state index in [0.29, 0.717) is 0 Å². The van der Waals surface area contributed by atoms with Gasteiger partial charge in [-0.25, -0.2) is 0 Å². The summed E-state index contributed by atoms with van der Waals surface area (Å²) in [6.07, 6.45) is 10.9. The van der Waals surface area contributed by atoms with Crippen molar-refractivity contribution in [2.24, 2.45) is 0 Å². The lowest BCUT2D eigenvalue weighted by Crippen LogP contribution is -2.01. The van der Waals surface area contributed by atoms with E-state index in [4.69, 9.17) is 5.11 Å². The Hall–Kier alpha value is -1.02. The van der Waals surface area contributed by atoms with E-state index in [-0.39, 0.29) is 6.61 Å². The van der Waals surface area contributed by atoms with Crippen molar-refractivity contribution in [2.45, 2.75) is 64.9 Å². The Morgan fingerprint density at radius 1 is 0.842 bits per heavy atom. The van der Waals surface area contributed by atoms with Gasteiger partial charge in [-0.2, -0.15) is 0 Å². The lowest BCUT2D eigenvalue weighted by molar-refractivity contribution is 0.282. The monoisotopic (exact) mass is 263 g/mol. The maximum absolute atomic E-state index is 8.96. The Balaban J connectivity index is 1.95. The molecule has 2 heteroatoms. The van der Waals surface area contributed by atoms with Crippen LogP contribution in [-0.2, 0) is 6.61 Å². The maximum Gasteiger partial charge on any atom is 0.0681 e. The second-order valence-corrected chi connectivity index (χ2v) is 5.26. The minimum atomic E-state index is 0.123. The highest BCUT2D eigenvalue weighted by Gasteiger charge is 1.94. The van der Waals surface area contributed by atoms with Gasteiger partial charge < -0.3 is 10.4 Å². The summed E-state index contributed by atoms with van der Waals surface area (Å²) in [7, 11) is 0. The number of benzene rings is 1. The third kappa shape index (κ3) is 7.89. The second kappa shape index (κ2) is 10.9. The average molecular weight is 263 g/mol. The van der Waals surface area contributed by atoms with Crippen molar-refractivity contribution in [2.75, 3.05) is 11.9 Å². The molecule has 0 unspecified atom stereocenters. The second-order valence-electron chi connectivity index (χ2n) is 5.26. The van der Waals surface area contributed by atoms with Gasteiger partial charge in [0.1, 0.15) is 0 Å². The molecule has 0 saturated heterocycles. The maximum atomic E-state index is 8.96. The fraction of sp³-hybridized carbons (Fsp3) is 0.647. The zero-order valence-electron chi connectivity index (χ0n) is 12.3. The molecular weight excluding hydrogens is 234 g/mol. The first-order valence-corrected chi connectivity index (χ1v) is 7.80. The molecule has 108 valence electrons. The number of unbranched alkanes of at least 4 members (excludes halogenated alkanes) is 7. The molecule has 0 bridgehead atoms. The predicted molar refractivity (Wildman–Crippen MR) is 83.5 cm³/mol. The Morgan fingerprint density at radius 2 is 1.42 bits per heavy atom. The molecule has 0 aromatic heterocycles. The normalized spacial score (nSPS) is 10.6. The van der Waals surface area contributed by atoms with E-state index in [1.54, 1.807) is 0 Å². The molecule has 1 aromatic rings. The van der Waals surface area contributed by atoms with Crippen LogP contribution in [0.5, 0.6) is 0 Å². The zero-order chi connectivity index (χ0) is 13.8. The molecule has 0 aliphatic carbocycles. The first-order valence-electron chi connectivity index (χ1n) is 7.80. The number of aliphatic hydroxyl groups excluding tert-OH is 1. The van der Waals surface area contributed by atoms with Gasteiger partial charge in [-0.1, -0.05) is 64.0 Å². The van der Waals surface area contributed by atoms with Gasteiger partial charge in [0.2, 0.25) is 0 Å². The van der Waals surface area contributed by atoms with Crippen LogP contribution in [0.1, 0.15) is 63.9 Å². The van der Waals surface area contributed by atoms with Gasteiger partial charge in [-0.05, 0) is 24.1 Å². The fourth-order valence-electron chi connectivity index (χ4n) is 2.22. The first-order chi connectivity index (χ1) is 9.36. The molecule has 0 aliphatic rings. The number of anilines is 1. The van der Waals surface area contributed by atoms with Crippen molar-refractivity contribution < 1.29 is 5.11 Å². The molecule has 0 aliphatic heterocycles. The van der Waals surface area contributed by atoms with Crippen LogP contribution in [0.3, 0.4) is 0 Å². The highest BCUT2D eigenvalue weighted by Crippen LogP contribution is 2.11. The minimum Gasteiger partial charge on any atom is -0.392 e. The molecule has 0 radical (unpaired) electrons. The molecule has 19 heavy (non-hydrogen) atoms. The van der Waals surface area contributed by atoms with E-state index >= 15 is 0 Å². The molecule has 0 atom stereocenters. The number of rotatable bonds is 11. The third-order valence-electron chi connectivity index (χ3n) is 3.50. The Morgan fingerprint density at radius 3 is 2.00 bits per heavy atom. The van der Waals surface area contributed by atoms with Crippen molar-refractivity contribution >= 4 is 5.69 Å². The van der Waals surface area contributed by atoms with Crippen LogP contribution in [0.2, 0.25) is 0 Å². The van der Waals surface area contributed by atoms with Crippen LogP contribution < -0.4 is 5.32 Å². The smallest absolute Gasteiger partial charge is 0.0681 e. The minimum absolute atomic E-state index is 0.123. The van der Waals surface area contributed by atoms with Gasteiger partial charge in [0.15, 0.2) is 0 Å². The van der Waals surface area contributed by atoms with Crippen molar-refractivity contribution in [3.8, 4) is 0 Å². The van der Waals surface area contributed by atoms with Crippen molar-refractivity contribution in [3.05, 3.63) is 29.8 Å². The summed E-state index contributed by atoms with van der Waals surface area (Å²) in [5.74, 6) is 0. The van der Waals surface area contributed by atoms with Crippen LogP contribution in [0.15, 0.2) is 24.3 Å². The molecule has 0 spiro atoms. The molecule has 2 nitrogen and oxygen atoms in total. The molecule has 1 aromatic carbocycles. The molecule has 2 N–H and O–H groups in total. The summed E-state index contributed by atoms with van der Waals surface area (Å²) >= 11 is 0. The average Bonchev–Trinajstić information content (AvgIpc) is 2.46. The largest absolute Gasteiger partial charge is 0.392 e. The van der Waals surface area contributed by atoms with Crippen LogP contribution in [0.4, 0.5) is 5.69 Å². The van der Waals surface area contributed by atoms with E-state index in [1.807, 2.05) is 24.3 Å². The summed E-state index contributed by atoms with van der Waals surface area (Å²) in [6.45, 7) is 3.44. The quantitative estimate of drug-likeness (QED) is 0.566. The number of nitrogens with one attached hydrogen (secondary N) is 1. The zero-order valence-corrected chi connectivity index (χ0v) is 12.3. The van der Waals surface area contributed by atoms with Gasteiger partial charge in [0.05, 0.1) is 6.61 Å². The van der Waals surface area contributed by atoms with Crippen molar-refractivity contribution in [1.82, 2.24) is 0 Å². The number of aliphatic hydroxyl groups is 1.